The second-order valence-corrected chi connectivity index (χ2v) is 2.89. The smallest absolute Gasteiger partial charge is 0.397 e. The third-order valence-electron chi connectivity index (χ3n) is 1.79. The minimum atomic E-state index is -4.63. The molecule has 0 aromatic carbocycles. The Morgan fingerprint density at radius 2 is 1.87 bits per heavy atom. The lowest BCUT2D eigenvalue weighted by atomic mass is 10.1. The Bertz CT molecular complexity index is 372. The average molecular weight is 226 g/mol. The van der Waals surface area contributed by atoms with Gasteiger partial charge < -0.3 is 5.73 Å². The van der Waals surface area contributed by atoms with Gasteiger partial charge in [-0.3, -0.25) is 0 Å². The fourth-order valence-corrected chi connectivity index (χ4v) is 1.10. The van der Waals surface area contributed by atoms with E-state index in [4.69, 9.17) is 5.73 Å². The van der Waals surface area contributed by atoms with E-state index in [0.29, 0.717) is 6.07 Å². The van der Waals surface area contributed by atoms with Crippen LogP contribution in [0.1, 0.15) is 23.4 Å². The van der Waals surface area contributed by atoms with Crippen molar-refractivity contribution in [2.24, 2.45) is 0 Å². The van der Waals surface area contributed by atoms with E-state index in [1.807, 2.05) is 0 Å². The highest BCUT2D eigenvalue weighted by atomic mass is 19.4. The van der Waals surface area contributed by atoms with Crippen LogP contribution in [0.4, 0.5) is 27.6 Å². The van der Waals surface area contributed by atoms with Gasteiger partial charge >= 0.3 is 6.18 Å². The Balaban J connectivity index is 3.32. The van der Waals surface area contributed by atoms with Gasteiger partial charge in [0.2, 0.25) is 0 Å². The van der Waals surface area contributed by atoms with Crippen LogP contribution < -0.4 is 5.73 Å². The number of pyridine rings is 1. The summed E-state index contributed by atoms with van der Waals surface area (Å²) in [5, 5.41) is 0. The monoisotopic (exact) mass is 226 g/mol. The predicted molar refractivity (Wildman–Crippen MR) is 43.3 cm³/mol. The van der Waals surface area contributed by atoms with E-state index in [-0.39, 0.29) is 0 Å². The number of nitrogen functional groups attached to an aromatic ring is 1. The quantitative estimate of drug-likeness (QED) is 0.747. The van der Waals surface area contributed by atoms with Crippen molar-refractivity contribution in [1.29, 1.82) is 0 Å². The Morgan fingerprint density at radius 3 is 2.27 bits per heavy atom. The van der Waals surface area contributed by atoms with Gasteiger partial charge in [-0.2, -0.15) is 13.2 Å². The molecule has 0 unspecified atom stereocenters. The van der Waals surface area contributed by atoms with Crippen molar-refractivity contribution in [3.63, 3.8) is 0 Å². The van der Waals surface area contributed by atoms with E-state index in [1.54, 1.807) is 0 Å². The van der Waals surface area contributed by atoms with Crippen molar-refractivity contribution in [3.05, 3.63) is 23.0 Å². The predicted octanol–water partition coefficient (Wildman–Crippen LogP) is 2.93. The molecule has 15 heavy (non-hydrogen) atoms. The van der Waals surface area contributed by atoms with Crippen LogP contribution in [0.25, 0.3) is 0 Å². The second kappa shape index (κ2) is 3.63. The van der Waals surface area contributed by atoms with Crippen molar-refractivity contribution in [1.82, 2.24) is 4.98 Å². The standard InChI is InChI=1S/C8H7F5N2/c1-3-4(8(11,12)13)2-5(14)6(15-3)7(9)10/h2,7H,14H2,1H3. The lowest BCUT2D eigenvalue weighted by molar-refractivity contribution is -0.138. The molecule has 0 atom stereocenters. The first kappa shape index (κ1) is 11.7. The fourth-order valence-electron chi connectivity index (χ4n) is 1.10. The van der Waals surface area contributed by atoms with Crippen LogP contribution in [-0.2, 0) is 6.18 Å². The molecule has 2 N–H and O–H groups in total. The fraction of sp³-hybridized carbons (Fsp3) is 0.375. The molecule has 0 spiro atoms. The number of rotatable bonds is 1. The molecule has 0 saturated heterocycles. The molecule has 1 aromatic heterocycles. The minimum Gasteiger partial charge on any atom is -0.397 e. The maximum Gasteiger partial charge on any atom is 0.418 e. The van der Waals surface area contributed by atoms with Crippen LogP contribution in [0.5, 0.6) is 0 Å². The molecule has 0 aliphatic carbocycles. The van der Waals surface area contributed by atoms with Crippen LogP contribution in [-0.4, -0.2) is 4.98 Å². The molecule has 0 radical (unpaired) electrons. The molecule has 7 heteroatoms. The number of anilines is 1. The Hall–Kier alpha value is -1.40. The van der Waals surface area contributed by atoms with Crippen molar-refractivity contribution < 1.29 is 22.0 Å². The van der Waals surface area contributed by atoms with Gasteiger partial charge in [0.15, 0.2) is 0 Å². The topological polar surface area (TPSA) is 38.9 Å². The molecule has 0 bridgehead atoms. The largest absolute Gasteiger partial charge is 0.418 e. The number of alkyl halides is 5. The Labute approximate surface area is 81.9 Å². The van der Waals surface area contributed by atoms with Crippen molar-refractivity contribution in [2.45, 2.75) is 19.5 Å². The molecule has 0 amide bonds. The lowest BCUT2D eigenvalue weighted by Crippen LogP contribution is -2.12. The molecule has 1 heterocycles. The van der Waals surface area contributed by atoms with E-state index < -0.39 is 35.2 Å². The van der Waals surface area contributed by atoms with E-state index in [0.717, 1.165) is 6.92 Å². The summed E-state index contributed by atoms with van der Waals surface area (Å²) in [6.45, 7) is 1.01. The third kappa shape index (κ3) is 2.34. The minimum absolute atomic E-state index is 0.476. The molecular formula is C8H7F5N2. The van der Waals surface area contributed by atoms with Gasteiger partial charge in [0.25, 0.3) is 6.43 Å². The second-order valence-electron chi connectivity index (χ2n) is 2.89. The van der Waals surface area contributed by atoms with Gasteiger partial charge in [-0.25, -0.2) is 13.8 Å². The zero-order valence-electron chi connectivity index (χ0n) is 7.57. The van der Waals surface area contributed by atoms with Crippen LogP contribution in [0.15, 0.2) is 6.07 Å². The maximum atomic E-state index is 12.3. The number of hydrogen-bond acceptors (Lipinski definition) is 2. The van der Waals surface area contributed by atoms with E-state index in [1.165, 1.54) is 0 Å². The van der Waals surface area contributed by atoms with Crippen LogP contribution in [0.3, 0.4) is 0 Å². The Kier molecular flexibility index (Phi) is 2.83. The van der Waals surface area contributed by atoms with E-state index in [9.17, 15) is 22.0 Å². The number of aromatic nitrogens is 1. The van der Waals surface area contributed by atoms with Crippen LogP contribution in [0, 0.1) is 6.92 Å². The molecule has 84 valence electrons. The first-order valence-corrected chi connectivity index (χ1v) is 3.86. The molecule has 1 rings (SSSR count). The van der Waals surface area contributed by atoms with Gasteiger partial charge in [-0.1, -0.05) is 0 Å². The third-order valence-corrected chi connectivity index (χ3v) is 1.79. The lowest BCUT2D eigenvalue weighted by Gasteiger charge is -2.12. The maximum absolute atomic E-state index is 12.3. The SMILES string of the molecule is Cc1nc(C(F)F)c(N)cc1C(F)(F)F. The van der Waals surface area contributed by atoms with Crippen molar-refractivity contribution in [2.75, 3.05) is 5.73 Å². The van der Waals surface area contributed by atoms with Gasteiger partial charge in [-0.15, -0.1) is 0 Å². The molecule has 0 fully saturated rings. The van der Waals surface area contributed by atoms with Crippen LogP contribution >= 0.6 is 0 Å². The Morgan fingerprint density at radius 1 is 1.33 bits per heavy atom. The van der Waals surface area contributed by atoms with Crippen molar-refractivity contribution >= 4 is 5.69 Å². The number of nitrogens with zero attached hydrogens (tertiary/aromatic N) is 1. The number of hydrogen-bond donors (Lipinski definition) is 1. The van der Waals surface area contributed by atoms with E-state index >= 15 is 0 Å². The molecular weight excluding hydrogens is 219 g/mol. The zero-order chi connectivity index (χ0) is 11.8. The first-order chi connectivity index (χ1) is 6.73. The summed E-state index contributed by atoms with van der Waals surface area (Å²) in [6.07, 6.45) is -7.61. The van der Waals surface area contributed by atoms with Gasteiger partial charge in [-0.05, 0) is 13.0 Å². The van der Waals surface area contributed by atoms with Gasteiger partial charge in [0, 0.05) is 0 Å². The summed E-state index contributed by atoms with van der Waals surface area (Å²) in [5.41, 5.74) is 1.98. The highest BCUT2D eigenvalue weighted by Gasteiger charge is 2.34. The van der Waals surface area contributed by atoms with Gasteiger partial charge in [0.05, 0.1) is 16.9 Å². The highest BCUT2D eigenvalue weighted by molar-refractivity contribution is 5.48. The van der Waals surface area contributed by atoms with Crippen molar-refractivity contribution in [3.8, 4) is 0 Å². The first-order valence-electron chi connectivity index (χ1n) is 3.86. The summed E-state index contributed by atoms with van der Waals surface area (Å²) in [6, 6.07) is 0.476. The number of nitrogens with two attached hydrogens (primary N) is 1. The summed E-state index contributed by atoms with van der Waals surface area (Å²) in [4.78, 5) is 3.14. The van der Waals surface area contributed by atoms with E-state index in [2.05, 4.69) is 4.98 Å². The molecule has 2 nitrogen and oxygen atoms in total. The molecule has 0 aliphatic heterocycles. The summed E-state index contributed by atoms with van der Waals surface area (Å²) in [5.74, 6) is 0. The van der Waals surface area contributed by atoms with Gasteiger partial charge in [0.1, 0.15) is 5.69 Å². The molecule has 0 aliphatic rings. The highest BCUT2D eigenvalue weighted by Crippen LogP contribution is 2.34. The summed E-state index contributed by atoms with van der Waals surface area (Å²) in [7, 11) is 0. The normalized spacial score (nSPS) is 12.2. The zero-order valence-corrected chi connectivity index (χ0v) is 7.57. The molecule has 0 saturated carbocycles. The summed E-state index contributed by atoms with van der Waals surface area (Å²) < 4.78 is 61.3. The average Bonchev–Trinajstić information content (AvgIpc) is 2.06. The number of halogens is 5. The summed E-state index contributed by atoms with van der Waals surface area (Å²) >= 11 is 0. The molecule has 1 aromatic rings. The number of aryl methyl sites for hydroxylation is 1. The van der Waals surface area contributed by atoms with Crippen LogP contribution in [0.2, 0.25) is 0 Å².